The summed E-state index contributed by atoms with van der Waals surface area (Å²) in [4.78, 5) is 1.11. The van der Waals surface area contributed by atoms with Gasteiger partial charge in [0, 0.05) is 25.8 Å². The van der Waals surface area contributed by atoms with Gasteiger partial charge in [0.15, 0.2) is 0 Å². The first-order valence-corrected chi connectivity index (χ1v) is 7.94. The smallest absolute Gasteiger partial charge is 0.148 e. The quantitative estimate of drug-likeness (QED) is 0.838. The van der Waals surface area contributed by atoms with Crippen molar-refractivity contribution in [3.8, 4) is 5.75 Å². The van der Waals surface area contributed by atoms with E-state index in [1.807, 2.05) is 43.5 Å². The Morgan fingerprint density at radius 1 is 1.37 bits per heavy atom. The second kappa shape index (κ2) is 6.27. The molecule has 0 saturated carbocycles. The van der Waals surface area contributed by atoms with Gasteiger partial charge in [-0.25, -0.2) is 0 Å². The van der Waals surface area contributed by atoms with Gasteiger partial charge >= 0.3 is 0 Å². The Balaban J connectivity index is 2.26. The molecule has 1 heterocycles. The van der Waals surface area contributed by atoms with Gasteiger partial charge < -0.3 is 10.5 Å². The number of aryl methyl sites for hydroxylation is 1. The first kappa shape index (κ1) is 14.9. The third-order valence-electron chi connectivity index (χ3n) is 2.74. The van der Waals surface area contributed by atoms with Gasteiger partial charge in [0.1, 0.15) is 11.9 Å². The molecule has 1 aromatic carbocycles. The highest BCUT2D eigenvalue weighted by Gasteiger charge is 2.21. The lowest BCUT2D eigenvalue weighted by Gasteiger charge is -2.22. The fourth-order valence-electron chi connectivity index (χ4n) is 1.78. The molecule has 0 aliphatic carbocycles. The molecular weight excluding hydrogens is 346 g/mol. The molecule has 0 saturated heterocycles. The van der Waals surface area contributed by atoms with Crippen molar-refractivity contribution in [1.29, 1.82) is 0 Å². The maximum atomic E-state index is 6.07. The summed E-state index contributed by atoms with van der Waals surface area (Å²) >= 11 is 11.0. The van der Waals surface area contributed by atoms with Gasteiger partial charge in [0.05, 0.1) is 0 Å². The van der Waals surface area contributed by atoms with Crippen LogP contribution in [-0.2, 0) is 0 Å². The summed E-state index contributed by atoms with van der Waals surface area (Å²) < 4.78 is 7.12. The summed E-state index contributed by atoms with van der Waals surface area (Å²) in [5.41, 5.74) is 7.05. The van der Waals surface area contributed by atoms with E-state index < -0.39 is 0 Å². The Morgan fingerprint density at radius 3 is 2.63 bits per heavy atom. The van der Waals surface area contributed by atoms with E-state index in [0.717, 1.165) is 20.7 Å². The molecule has 0 amide bonds. The number of ether oxygens (including phenoxy) is 1. The summed E-state index contributed by atoms with van der Waals surface area (Å²) in [6, 6.07) is 7.55. The maximum Gasteiger partial charge on any atom is 0.148 e. The van der Waals surface area contributed by atoms with E-state index in [1.165, 1.54) is 0 Å². The Kier molecular flexibility index (Phi) is 4.90. The summed E-state index contributed by atoms with van der Waals surface area (Å²) in [7, 11) is 0. The predicted octanol–water partition coefficient (Wildman–Crippen LogP) is 4.94. The van der Waals surface area contributed by atoms with Gasteiger partial charge in [-0.1, -0.05) is 11.6 Å². The van der Waals surface area contributed by atoms with Crippen molar-refractivity contribution in [3.05, 3.63) is 49.6 Å². The van der Waals surface area contributed by atoms with Crippen LogP contribution in [0.2, 0.25) is 5.02 Å². The molecule has 1 aromatic heterocycles. The van der Waals surface area contributed by atoms with Gasteiger partial charge in [-0.2, -0.15) is 0 Å². The van der Waals surface area contributed by atoms with Crippen LogP contribution in [0.25, 0.3) is 0 Å². The molecule has 0 aliphatic rings. The number of hydrogen-bond acceptors (Lipinski definition) is 3. The van der Waals surface area contributed by atoms with Crippen LogP contribution in [0.1, 0.15) is 23.5 Å². The summed E-state index contributed by atoms with van der Waals surface area (Å²) in [6.07, 6.45) is -0.156. The molecule has 2 nitrogen and oxygen atoms in total. The highest BCUT2D eigenvalue weighted by atomic mass is 79.9. The van der Waals surface area contributed by atoms with Crippen molar-refractivity contribution in [2.24, 2.45) is 5.73 Å². The van der Waals surface area contributed by atoms with Crippen LogP contribution in [0.4, 0.5) is 0 Å². The molecule has 2 rings (SSSR count). The molecule has 19 heavy (non-hydrogen) atoms. The molecule has 0 bridgehead atoms. The molecule has 0 radical (unpaired) electrons. The molecule has 0 spiro atoms. The standard InChI is InChI=1S/C14H15BrClNOS/c1-8-5-11(16)3-4-12(8)18-14(9(2)17)13-6-10(15)7-19-13/h3-7,9,14H,17H2,1-2H3. The molecule has 2 N–H and O–H groups in total. The molecule has 0 fully saturated rings. The number of thiophene rings is 1. The lowest BCUT2D eigenvalue weighted by atomic mass is 10.1. The molecule has 5 heteroatoms. The fourth-order valence-corrected chi connectivity index (χ4v) is 3.60. The van der Waals surface area contributed by atoms with Crippen molar-refractivity contribution in [2.75, 3.05) is 0 Å². The van der Waals surface area contributed by atoms with E-state index in [2.05, 4.69) is 15.9 Å². The van der Waals surface area contributed by atoms with Crippen LogP contribution in [0.5, 0.6) is 5.75 Å². The van der Waals surface area contributed by atoms with Crippen LogP contribution < -0.4 is 10.5 Å². The highest BCUT2D eigenvalue weighted by Crippen LogP contribution is 2.32. The summed E-state index contributed by atoms with van der Waals surface area (Å²) in [5.74, 6) is 0.816. The average molecular weight is 361 g/mol. The Hall–Kier alpha value is -0.550. The van der Waals surface area contributed by atoms with Gasteiger partial charge in [-0.3, -0.25) is 0 Å². The van der Waals surface area contributed by atoms with E-state index in [9.17, 15) is 0 Å². The SMILES string of the molecule is Cc1cc(Cl)ccc1OC(c1cc(Br)cs1)C(C)N. The van der Waals surface area contributed by atoms with Crippen LogP contribution in [0, 0.1) is 6.92 Å². The van der Waals surface area contributed by atoms with Crippen molar-refractivity contribution < 1.29 is 4.74 Å². The Morgan fingerprint density at radius 2 is 2.11 bits per heavy atom. The topological polar surface area (TPSA) is 35.2 Å². The Bertz CT molecular complexity index is 570. The van der Waals surface area contributed by atoms with Gasteiger partial charge in [-0.05, 0) is 59.6 Å². The van der Waals surface area contributed by atoms with E-state index >= 15 is 0 Å². The zero-order chi connectivity index (χ0) is 14.0. The molecule has 0 aliphatic heterocycles. The first-order valence-electron chi connectivity index (χ1n) is 5.89. The van der Waals surface area contributed by atoms with Gasteiger partial charge in [-0.15, -0.1) is 11.3 Å². The van der Waals surface area contributed by atoms with Crippen LogP contribution in [-0.4, -0.2) is 6.04 Å². The van der Waals surface area contributed by atoms with E-state index in [0.29, 0.717) is 5.02 Å². The molecular formula is C14H15BrClNOS. The van der Waals surface area contributed by atoms with Gasteiger partial charge in [0.2, 0.25) is 0 Å². The lowest BCUT2D eigenvalue weighted by molar-refractivity contribution is 0.183. The zero-order valence-corrected chi connectivity index (χ0v) is 13.8. The molecule has 2 atom stereocenters. The number of nitrogens with two attached hydrogens (primary N) is 1. The third kappa shape index (κ3) is 3.72. The van der Waals surface area contributed by atoms with Crippen molar-refractivity contribution in [3.63, 3.8) is 0 Å². The van der Waals surface area contributed by atoms with Crippen molar-refractivity contribution >= 4 is 38.9 Å². The minimum Gasteiger partial charge on any atom is -0.483 e. The number of halogens is 2. The molecule has 102 valence electrons. The Labute approximate surface area is 130 Å². The summed E-state index contributed by atoms with van der Waals surface area (Å²) in [6.45, 7) is 3.92. The number of hydrogen-bond donors (Lipinski definition) is 1. The van der Waals surface area contributed by atoms with Crippen molar-refractivity contribution in [1.82, 2.24) is 0 Å². The lowest BCUT2D eigenvalue weighted by Crippen LogP contribution is -2.28. The second-order valence-corrected chi connectivity index (χ2v) is 6.77. The number of benzene rings is 1. The second-order valence-electron chi connectivity index (χ2n) is 4.47. The minimum absolute atomic E-state index is 0.0966. The van der Waals surface area contributed by atoms with Crippen LogP contribution in [0.3, 0.4) is 0 Å². The van der Waals surface area contributed by atoms with Gasteiger partial charge in [0.25, 0.3) is 0 Å². The number of rotatable bonds is 4. The maximum absolute atomic E-state index is 6.07. The minimum atomic E-state index is -0.156. The normalized spacial score (nSPS) is 14.2. The van der Waals surface area contributed by atoms with Crippen molar-refractivity contribution in [2.45, 2.75) is 26.0 Å². The monoisotopic (exact) mass is 359 g/mol. The van der Waals surface area contributed by atoms with E-state index in [4.69, 9.17) is 22.1 Å². The van der Waals surface area contributed by atoms with E-state index in [1.54, 1.807) is 11.3 Å². The zero-order valence-electron chi connectivity index (χ0n) is 10.7. The molecule has 2 unspecified atom stereocenters. The van der Waals surface area contributed by atoms with Crippen LogP contribution in [0.15, 0.2) is 34.1 Å². The molecule has 2 aromatic rings. The highest BCUT2D eigenvalue weighted by molar-refractivity contribution is 9.10. The first-order chi connectivity index (χ1) is 8.97. The predicted molar refractivity (Wildman–Crippen MR) is 85.2 cm³/mol. The van der Waals surface area contributed by atoms with E-state index in [-0.39, 0.29) is 12.1 Å². The van der Waals surface area contributed by atoms with Crippen LogP contribution >= 0.6 is 38.9 Å². The summed E-state index contributed by atoms with van der Waals surface area (Å²) in [5, 5.41) is 2.74. The average Bonchev–Trinajstić information content (AvgIpc) is 2.74. The third-order valence-corrected chi connectivity index (χ3v) is 4.73. The largest absolute Gasteiger partial charge is 0.483 e. The fraction of sp³-hybridized carbons (Fsp3) is 0.286.